The average Bonchev–Trinajstić information content (AvgIpc) is 3.05. The van der Waals surface area contributed by atoms with E-state index < -0.39 is 0 Å². The maximum Gasteiger partial charge on any atom is 0.234 e. The first-order valence-electron chi connectivity index (χ1n) is 6.68. The van der Waals surface area contributed by atoms with Crippen LogP contribution in [0.4, 0.5) is 0 Å². The molecule has 3 rings (SSSR count). The van der Waals surface area contributed by atoms with Gasteiger partial charge in [-0.1, -0.05) is 36.8 Å². The van der Waals surface area contributed by atoms with Crippen LogP contribution in [0.25, 0.3) is 15.5 Å². The third kappa shape index (κ3) is 2.27. The van der Waals surface area contributed by atoms with Crippen LogP contribution in [0.2, 0.25) is 0 Å². The van der Waals surface area contributed by atoms with Crippen LogP contribution in [0.1, 0.15) is 25.6 Å². The van der Waals surface area contributed by atoms with Gasteiger partial charge in [0.2, 0.25) is 4.96 Å². The number of methoxy groups -OCH3 is 1. The van der Waals surface area contributed by atoms with E-state index in [1.807, 2.05) is 28.8 Å². The summed E-state index contributed by atoms with van der Waals surface area (Å²) in [6.45, 7) is 2.17. The van der Waals surface area contributed by atoms with Gasteiger partial charge in [-0.15, -0.1) is 10.2 Å². The van der Waals surface area contributed by atoms with Crippen molar-refractivity contribution in [2.45, 2.75) is 26.2 Å². The van der Waals surface area contributed by atoms with E-state index in [1.165, 1.54) is 11.3 Å². The van der Waals surface area contributed by atoms with Gasteiger partial charge >= 0.3 is 0 Å². The van der Waals surface area contributed by atoms with Gasteiger partial charge in [0.25, 0.3) is 0 Å². The monoisotopic (exact) mass is 288 g/mol. The highest BCUT2D eigenvalue weighted by atomic mass is 32.1. The van der Waals surface area contributed by atoms with E-state index >= 15 is 0 Å². The van der Waals surface area contributed by atoms with Crippen molar-refractivity contribution in [3.8, 4) is 16.3 Å². The summed E-state index contributed by atoms with van der Waals surface area (Å²) in [5.41, 5.74) is 0.993. The highest BCUT2D eigenvalue weighted by molar-refractivity contribution is 7.19. The van der Waals surface area contributed by atoms with Gasteiger partial charge in [-0.05, 0) is 18.6 Å². The van der Waals surface area contributed by atoms with Crippen molar-refractivity contribution in [1.82, 2.24) is 19.8 Å². The first-order valence-corrected chi connectivity index (χ1v) is 7.49. The molecule has 0 saturated heterocycles. The Labute approximate surface area is 121 Å². The molecule has 104 valence electrons. The number of rotatable bonds is 5. The number of fused-ring (bicyclic) bond motifs is 1. The van der Waals surface area contributed by atoms with Crippen molar-refractivity contribution in [2.24, 2.45) is 0 Å². The summed E-state index contributed by atoms with van der Waals surface area (Å²) in [6, 6.07) is 7.89. The zero-order valence-electron chi connectivity index (χ0n) is 11.5. The number of hydrogen-bond donors (Lipinski definition) is 0. The Bertz CT molecular complexity index is 719. The summed E-state index contributed by atoms with van der Waals surface area (Å²) < 4.78 is 7.24. The summed E-state index contributed by atoms with van der Waals surface area (Å²) in [6.07, 6.45) is 3.15. The first-order chi connectivity index (χ1) is 9.83. The number of para-hydroxylation sites is 1. The van der Waals surface area contributed by atoms with Crippen LogP contribution in [0.15, 0.2) is 24.3 Å². The maximum atomic E-state index is 5.39. The number of hydrogen-bond acceptors (Lipinski definition) is 5. The molecule has 1 aromatic carbocycles. The molecular weight excluding hydrogens is 272 g/mol. The smallest absolute Gasteiger partial charge is 0.234 e. The Morgan fingerprint density at radius 2 is 2.10 bits per heavy atom. The summed E-state index contributed by atoms with van der Waals surface area (Å²) >= 11 is 1.53. The first kappa shape index (κ1) is 13.1. The largest absolute Gasteiger partial charge is 0.496 e. The molecule has 0 saturated carbocycles. The molecule has 0 fully saturated rings. The van der Waals surface area contributed by atoms with E-state index in [2.05, 4.69) is 22.2 Å². The van der Waals surface area contributed by atoms with E-state index in [4.69, 9.17) is 4.74 Å². The van der Waals surface area contributed by atoms with Gasteiger partial charge in [-0.2, -0.15) is 9.61 Å². The molecule has 2 aromatic heterocycles. The van der Waals surface area contributed by atoms with Crippen LogP contribution in [-0.4, -0.2) is 26.9 Å². The van der Waals surface area contributed by atoms with E-state index in [1.54, 1.807) is 7.11 Å². The van der Waals surface area contributed by atoms with Crippen LogP contribution in [-0.2, 0) is 6.42 Å². The number of benzene rings is 1. The molecule has 0 aliphatic rings. The van der Waals surface area contributed by atoms with E-state index in [9.17, 15) is 0 Å². The third-order valence-electron chi connectivity index (χ3n) is 3.15. The van der Waals surface area contributed by atoms with Crippen LogP contribution in [0, 0.1) is 0 Å². The normalized spacial score (nSPS) is 11.1. The Hall–Kier alpha value is -1.95. The van der Waals surface area contributed by atoms with Gasteiger partial charge in [0.15, 0.2) is 10.8 Å². The molecule has 5 nitrogen and oxygen atoms in total. The van der Waals surface area contributed by atoms with Gasteiger partial charge in [0.05, 0.1) is 12.7 Å². The molecule has 0 bridgehead atoms. The average molecular weight is 288 g/mol. The molecule has 0 atom stereocenters. The van der Waals surface area contributed by atoms with Gasteiger partial charge in [-0.25, -0.2) is 0 Å². The van der Waals surface area contributed by atoms with Crippen molar-refractivity contribution in [3.63, 3.8) is 0 Å². The highest BCUT2D eigenvalue weighted by Crippen LogP contribution is 2.32. The second kappa shape index (κ2) is 5.58. The lowest BCUT2D eigenvalue weighted by Crippen LogP contribution is -1.96. The van der Waals surface area contributed by atoms with Crippen LogP contribution in [0.5, 0.6) is 5.75 Å². The molecule has 0 N–H and O–H groups in total. The number of unbranched alkanes of at least 4 members (excludes halogenated alkanes) is 1. The van der Waals surface area contributed by atoms with Crippen LogP contribution in [0.3, 0.4) is 0 Å². The van der Waals surface area contributed by atoms with Crippen molar-refractivity contribution in [3.05, 3.63) is 30.1 Å². The lowest BCUT2D eigenvalue weighted by atomic mass is 10.2. The van der Waals surface area contributed by atoms with Gasteiger partial charge in [0, 0.05) is 6.42 Å². The van der Waals surface area contributed by atoms with Gasteiger partial charge in [-0.3, -0.25) is 0 Å². The third-order valence-corrected chi connectivity index (χ3v) is 4.08. The number of aryl methyl sites for hydroxylation is 1. The highest BCUT2D eigenvalue weighted by Gasteiger charge is 2.14. The van der Waals surface area contributed by atoms with Crippen LogP contribution >= 0.6 is 11.3 Å². The fourth-order valence-corrected chi connectivity index (χ4v) is 2.97. The minimum atomic E-state index is 0.826. The molecule has 6 heteroatoms. The molecule has 0 aliphatic carbocycles. The molecule has 0 spiro atoms. The van der Waals surface area contributed by atoms with Crippen molar-refractivity contribution in [2.75, 3.05) is 7.11 Å². The molecule has 0 aliphatic heterocycles. The molecule has 0 unspecified atom stereocenters. The predicted octanol–water partition coefficient (Wildman–Crippen LogP) is 3.20. The summed E-state index contributed by atoms with van der Waals surface area (Å²) in [7, 11) is 1.67. The predicted molar refractivity (Wildman–Crippen MR) is 79.3 cm³/mol. The standard InChI is InChI=1S/C14H16N4OS/c1-3-4-9-12-15-16-14-18(12)17-13(20-14)10-7-5-6-8-11(10)19-2/h5-8H,3-4,9H2,1-2H3. The summed E-state index contributed by atoms with van der Waals surface area (Å²) in [5.74, 6) is 1.76. The Morgan fingerprint density at radius 3 is 2.90 bits per heavy atom. The maximum absolute atomic E-state index is 5.39. The fourth-order valence-electron chi connectivity index (χ4n) is 2.08. The molecule has 3 aromatic rings. The van der Waals surface area contributed by atoms with Crippen molar-refractivity contribution < 1.29 is 4.74 Å². The number of nitrogens with zero attached hydrogens (tertiary/aromatic N) is 4. The van der Waals surface area contributed by atoms with Gasteiger partial charge < -0.3 is 4.74 Å². The zero-order chi connectivity index (χ0) is 13.9. The second-order valence-electron chi connectivity index (χ2n) is 4.52. The molecule has 2 heterocycles. The lowest BCUT2D eigenvalue weighted by molar-refractivity contribution is 0.416. The summed E-state index contributed by atoms with van der Waals surface area (Å²) in [4.78, 5) is 0.831. The molecule has 0 radical (unpaired) electrons. The molecule has 20 heavy (non-hydrogen) atoms. The van der Waals surface area contributed by atoms with E-state index in [0.717, 1.165) is 46.4 Å². The minimum absolute atomic E-state index is 0.826. The van der Waals surface area contributed by atoms with Crippen molar-refractivity contribution >= 4 is 16.3 Å². The Kier molecular flexibility index (Phi) is 3.64. The Morgan fingerprint density at radius 1 is 1.25 bits per heavy atom. The zero-order valence-corrected chi connectivity index (χ0v) is 12.4. The van der Waals surface area contributed by atoms with E-state index in [0.29, 0.717) is 0 Å². The summed E-state index contributed by atoms with van der Waals surface area (Å²) in [5, 5.41) is 13.9. The Balaban J connectivity index is 2.02. The number of aromatic nitrogens is 4. The molecule has 0 amide bonds. The van der Waals surface area contributed by atoms with Crippen molar-refractivity contribution in [1.29, 1.82) is 0 Å². The minimum Gasteiger partial charge on any atom is -0.496 e. The van der Waals surface area contributed by atoms with Crippen LogP contribution < -0.4 is 4.74 Å². The van der Waals surface area contributed by atoms with E-state index in [-0.39, 0.29) is 0 Å². The van der Waals surface area contributed by atoms with Gasteiger partial charge in [0.1, 0.15) is 5.75 Å². The molecular formula is C14H16N4OS. The SMILES string of the molecule is CCCCc1nnc2sc(-c3ccccc3OC)nn12. The fraction of sp³-hybridized carbons (Fsp3) is 0.357. The number of ether oxygens (including phenoxy) is 1. The lowest BCUT2D eigenvalue weighted by Gasteiger charge is -2.03. The second-order valence-corrected chi connectivity index (χ2v) is 5.48. The topological polar surface area (TPSA) is 52.3 Å². The quantitative estimate of drug-likeness (QED) is 0.723.